The zero-order valence-corrected chi connectivity index (χ0v) is 16.1. The third-order valence-electron chi connectivity index (χ3n) is 4.17. The molecule has 11 heteroatoms. The number of anilines is 1. The average molecular weight is 425 g/mol. The fourth-order valence-electron chi connectivity index (χ4n) is 2.74. The number of nitriles is 1. The van der Waals surface area contributed by atoms with Crippen molar-refractivity contribution in [3.8, 4) is 6.07 Å². The molecule has 1 unspecified atom stereocenters. The lowest BCUT2D eigenvalue weighted by Gasteiger charge is -2.35. The fourth-order valence-corrected chi connectivity index (χ4v) is 2.74. The molecule has 1 aromatic rings. The van der Waals surface area contributed by atoms with Gasteiger partial charge in [-0.2, -0.15) is 31.6 Å². The second kappa shape index (κ2) is 9.82. The quantitative estimate of drug-likeness (QED) is 0.594. The highest BCUT2D eigenvalue weighted by Crippen LogP contribution is 2.36. The second-order valence-electron chi connectivity index (χ2n) is 6.26. The van der Waals surface area contributed by atoms with Crippen LogP contribution in [0, 0.1) is 11.3 Å². The zero-order chi connectivity index (χ0) is 22.4. The number of nitrogens with zero attached hydrogens (tertiary/aromatic N) is 3. The number of hydrogen-bond acceptors (Lipinski definition) is 4. The van der Waals surface area contributed by atoms with Crippen LogP contribution in [0.15, 0.2) is 18.2 Å². The number of amides is 1. The predicted molar refractivity (Wildman–Crippen MR) is 93.2 cm³/mol. The van der Waals surface area contributed by atoms with E-state index in [9.17, 15) is 31.1 Å². The highest BCUT2D eigenvalue weighted by atomic mass is 19.4. The molecule has 1 aromatic carbocycles. The van der Waals surface area contributed by atoms with Crippen molar-refractivity contribution in [2.75, 3.05) is 38.8 Å². The predicted octanol–water partition coefficient (Wildman–Crippen LogP) is 3.83. The van der Waals surface area contributed by atoms with Crippen LogP contribution in [0.3, 0.4) is 0 Å². The zero-order valence-electron chi connectivity index (χ0n) is 16.1. The molecule has 0 saturated carbocycles. The standard InChI is InChI=1S/C18H21F6N3O2/c1-4-15(16(28)26(2)7-8-29-3)27(11-17(19,20)21)13-6-5-12(10-25)14(9-13)18(22,23)24/h5-6,9,15H,4,7-8,11H2,1-3H3. The molecule has 0 radical (unpaired) electrons. The lowest BCUT2D eigenvalue weighted by atomic mass is 10.0. The van der Waals surface area contributed by atoms with Gasteiger partial charge in [0.2, 0.25) is 5.91 Å². The Bertz CT molecular complexity index is 743. The van der Waals surface area contributed by atoms with Gasteiger partial charge in [-0.15, -0.1) is 0 Å². The number of carbonyl (C=O) groups is 1. The fraction of sp³-hybridized carbons (Fsp3) is 0.556. The van der Waals surface area contributed by atoms with Crippen molar-refractivity contribution in [1.82, 2.24) is 4.90 Å². The maximum Gasteiger partial charge on any atom is 0.417 e. The van der Waals surface area contributed by atoms with Gasteiger partial charge in [0.15, 0.2) is 0 Å². The lowest BCUT2D eigenvalue weighted by Crippen LogP contribution is -2.51. The minimum atomic E-state index is -4.94. The number of methoxy groups -OCH3 is 1. The Morgan fingerprint density at radius 1 is 1.24 bits per heavy atom. The molecule has 1 rings (SSSR count). The maximum absolute atomic E-state index is 13.2. The van der Waals surface area contributed by atoms with Crippen LogP contribution in [0.4, 0.5) is 32.0 Å². The Labute approximate surface area is 164 Å². The summed E-state index contributed by atoms with van der Waals surface area (Å²) in [6.45, 7) is 0.0862. The first-order chi connectivity index (χ1) is 13.4. The normalized spacial score (nSPS) is 13.0. The van der Waals surface area contributed by atoms with E-state index in [1.54, 1.807) is 0 Å². The van der Waals surface area contributed by atoms with Crippen LogP contribution in [-0.2, 0) is 15.7 Å². The molecule has 0 aliphatic heterocycles. The molecule has 5 nitrogen and oxygen atoms in total. The minimum Gasteiger partial charge on any atom is -0.383 e. The summed E-state index contributed by atoms with van der Waals surface area (Å²) in [5.74, 6) is -0.688. The summed E-state index contributed by atoms with van der Waals surface area (Å²) in [6, 6.07) is 2.26. The minimum absolute atomic E-state index is 0.0758. The molecule has 0 aromatic heterocycles. The van der Waals surface area contributed by atoms with Crippen LogP contribution in [0.1, 0.15) is 24.5 Å². The van der Waals surface area contributed by atoms with Crippen LogP contribution in [-0.4, -0.2) is 56.9 Å². The molecule has 0 heterocycles. The molecule has 162 valence electrons. The van der Waals surface area contributed by atoms with Crippen LogP contribution in [0.2, 0.25) is 0 Å². The van der Waals surface area contributed by atoms with E-state index < -0.39 is 47.7 Å². The van der Waals surface area contributed by atoms with Gasteiger partial charge in [-0.05, 0) is 24.6 Å². The van der Waals surface area contributed by atoms with E-state index in [4.69, 9.17) is 10.00 Å². The van der Waals surface area contributed by atoms with Crippen molar-refractivity contribution in [3.63, 3.8) is 0 Å². The summed E-state index contributed by atoms with van der Waals surface area (Å²) in [5, 5.41) is 8.88. The molecule has 1 amide bonds. The first-order valence-electron chi connectivity index (χ1n) is 8.54. The van der Waals surface area contributed by atoms with Gasteiger partial charge in [-0.3, -0.25) is 4.79 Å². The molecular weight excluding hydrogens is 404 g/mol. The van der Waals surface area contributed by atoms with Gasteiger partial charge in [0.1, 0.15) is 12.6 Å². The van der Waals surface area contributed by atoms with E-state index >= 15 is 0 Å². The molecule has 0 N–H and O–H groups in total. The van der Waals surface area contributed by atoms with Gasteiger partial charge < -0.3 is 14.5 Å². The first kappa shape index (κ1) is 24.6. The highest BCUT2D eigenvalue weighted by molar-refractivity contribution is 5.85. The average Bonchev–Trinajstić information content (AvgIpc) is 2.63. The van der Waals surface area contributed by atoms with Crippen molar-refractivity contribution in [2.45, 2.75) is 31.7 Å². The van der Waals surface area contributed by atoms with E-state index in [1.165, 1.54) is 27.2 Å². The van der Waals surface area contributed by atoms with Crippen molar-refractivity contribution >= 4 is 11.6 Å². The summed E-state index contributed by atoms with van der Waals surface area (Å²) in [7, 11) is 2.76. The van der Waals surface area contributed by atoms with E-state index in [0.29, 0.717) is 11.0 Å². The molecule has 0 saturated heterocycles. The summed E-state index contributed by atoms with van der Waals surface area (Å²) in [5.41, 5.74) is -2.53. The summed E-state index contributed by atoms with van der Waals surface area (Å²) in [4.78, 5) is 14.4. The number of alkyl halides is 6. The SMILES string of the molecule is CCC(C(=O)N(C)CCOC)N(CC(F)(F)F)c1ccc(C#N)c(C(F)(F)F)c1. The Balaban J connectivity index is 3.45. The number of carbonyl (C=O) groups excluding carboxylic acids is 1. The number of benzene rings is 1. The monoisotopic (exact) mass is 425 g/mol. The van der Waals surface area contributed by atoms with E-state index in [2.05, 4.69) is 0 Å². The number of halogens is 6. The topological polar surface area (TPSA) is 56.6 Å². The van der Waals surface area contributed by atoms with Crippen molar-refractivity contribution in [2.24, 2.45) is 0 Å². The molecule has 0 bridgehead atoms. The number of hydrogen-bond donors (Lipinski definition) is 0. The molecule has 29 heavy (non-hydrogen) atoms. The molecule has 0 fully saturated rings. The van der Waals surface area contributed by atoms with Crippen LogP contribution in [0.5, 0.6) is 0 Å². The van der Waals surface area contributed by atoms with Gasteiger partial charge >= 0.3 is 12.4 Å². The smallest absolute Gasteiger partial charge is 0.383 e. The van der Waals surface area contributed by atoms with Crippen LogP contribution < -0.4 is 4.90 Å². The van der Waals surface area contributed by atoms with Crippen molar-refractivity contribution < 1.29 is 35.9 Å². The van der Waals surface area contributed by atoms with Crippen molar-refractivity contribution in [1.29, 1.82) is 5.26 Å². The number of rotatable bonds is 8. The second-order valence-corrected chi connectivity index (χ2v) is 6.26. The first-order valence-corrected chi connectivity index (χ1v) is 8.54. The van der Waals surface area contributed by atoms with Gasteiger partial charge in [0.25, 0.3) is 0 Å². The molecule has 0 aliphatic rings. The van der Waals surface area contributed by atoms with Crippen molar-refractivity contribution in [3.05, 3.63) is 29.3 Å². The summed E-state index contributed by atoms with van der Waals surface area (Å²) >= 11 is 0. The summed E-state index contributed by atoms with van der Waals surface area (Å²) in [6.07, 6.45) is -9.79. The van der Waals surface area contributed by atoms with Gasteiger partial charge in [-0.1, -0.05) is 6.92 Å². The van der Waals surface area contributed by atoms with Gasteiger partial charge in [0.05, 0.1) is 23.8 Å². The lowest BCUT2D eigenvalue weighted by molar-refractivity contribution is -0.137. The number of ether oxygens (including phenoxy) is 1. The Morgan fingerprint density at radius 3 is 2.31 bits per heavy atom. The third kappa shape index (κ3) is 6.81. The Hall–Kier alpha value is -2.48. The third-order valence-corrected chi connectivity index (χ3v) is 4.17. The van der Waals surface area contributed by atoms with Gasteiger partial charge in [-0.25, -0.2) is 0 Å². The maximum atomic E-state index is 13.2. The van der Waals surface area contributed by atoms with E-state index in [1.807, 2.05) is 0 Å². The molecule has 1 atom stereocenters. The largest absolute Gasteiger partial charge is 0.417 e. The number of likely N-dealkylation sites (N-methyl/N-ethyl adjacent to an activating group) is 1. The van der Waals surface area contributed by atoms with E-state index in [-0.39, 0.29) is 19.6 Å². The Kier molecular flexibility index (Phi) is 8.32. The van der Waals surface area contributed by atoms with Crippen LogP contribution >= 0.6 is 0 Å². The summed E-state index contributed by atoms with van der Waals surface area (Å²) < 4.78 is 84.1. The molecule has 0 spiro atoms. The highest BCUT2D eigenvalue weighted by Gasteiger charge is 2.39. The Morgan fingerprint density at radius 2 is 1.86 bits per heavy atom. The molecule has 0 aliphatic carbocycles. The van der Waals surface area contributed by atoms with E-state index in [0.717, 1.165) is 17.0 Å². The molecular formula is C18H21F6N3O2. The van der Waals surface area contributed by atoms with Crippen LogP contribution in [0.25, 0.3) is 0 Å². The van der Waals surface area contributed by atoms with Gasteiger partial charge in [0, 0.05) is 26.4 Å².